The molecular weight excluding hydrogens is 428 g/mol. The van der Waals surface area contributed by atoms with Gasteiger partial charge in [-0.05, 0) is 56.6 Å². The molecule has 4 rings (SSSR count). The van der Waals surface area contributed by atoms with Crippen molar-refractivity contribution in [3.63, 3.8) is 0 Å². The van der Waals surface area contributed by atoms with E-state index in [0.717, 1.165) is 48.4 Å². The van der Waals surface area contributed by atoms with Crippen LogP contribution in [-0.2, 0) is 17.6 Å². The highest BCUT2D eigenvalue weighted by atomic mass is 16.5. The van der Waals surface area contributed by atoms with Crippen LogP contribution in [0.4, 0.5) is 0 Å². The number of carbonyl (C=O) groups excluding carboxylic acids is 1. The fraction of sp³-hybridized carbons (Fsp3) is 0.556. The molecule has 7 nitrogen and oxygen atoms in total. The molecule has 1 saturated carbocycles. The molecule has 0 saturated heterocycles. The van der Waals surface area contributed by atoms with Gasteiger partial charge in [-0.2, -0.15) is 0 Å². The summed E-state index contributed by atoms with van der Waals surface area (Å²) < 4.78 is 7.70. The van der Waals surface area contributed by atoms with Crippen molar-refractivity contribution in [2.24, 2.45) is 5.92 Å². The average Bonchev–Trinajstić information content (AvgIpc) is 3.35. The predicted octanol–water partition coefficient (Wildman–Crippen LogP) is 5.14. The number of benzene rings is 1. The van der Waals surface area contributed by atoms with Crippen LogP contribution >= 0.6 is 0 Å². The quantitative estimate of drug-likeness (QED) is 0.399. The van der Waals surface area contributed by atoms with Crippen molar-refractivity contribution in [2.75, 3.05) is 6.61 Å². The van der Waals surface area contributed by atoms with Crippen LogP contribution in [0.2, 0.25) is 0 Å². The van der Waals surface area contributed by atoms with Gasteiger partial charge in [0.25, 0.3) is 0 Å². The van der Waals surface area contributed by atoms with E-state index in [1.165, 1.54) is 5.56 Å². The molecule has 182 valence electrons. The number of hydrogen-bond acceptors (Lipinski definition) is 6. The molecule has 1 N–H and O–H groups in total. The van der Waals surface area contributed by atoms with E-state index in [2.05, 4.69) is 46.8 Å². The lowest BCUT2D eigenvalue weighted by molar-refractivity contribution is -0.118. The van der Waals surface area contributed by atoms with Gasteiger partial charge >= 0.3 is 0 Å². The molecule has 0 spiro atoms. The molecule has 2 heterocycles. The predicted molar refractivity (Wildman–Crippen MR) is 131 cm³/mol. The topological polar surface area (TPSA) is 94.0 Å². The van der Waals surface area contributed by atoms with Gasteiger partial charge in [-0.25, -0.2) is 0 Å². The molecule has 2 aromatic heterocycles. The third-order valence-corrected chi connectivity index (χ3v) is 6.59. The second-order valence-corrected chi connectivity index (χ2v) is 10.2. The van der Waals surface area contributed by atoms with Gasteiger partial charge in [-0.15, -0.1) is 10.2 Å². The van der Waals surface area contributed by atoms with Gasteiger partial charge in [0, 0.05) is 43.9 Å². The number of carbonyl (C=O) groups is 1. The van der Waals surface area contributed by atoms with Gasteiger partial charge in [-0.3, -0.25) is 4.79 Å². The van der Waals surface area contributed by atoms with Crippen LogP contribution in [0.5, 0.6) is 0 Å². The highest BCUT2D eigenvalue weighted by molar-refractivity contribution is 5.82. The minimum absolute atomic E-state index is 0.00230. The Morgan fingerprint density at radius 3 is 2.65 bits per heavy atom. The van der Waals surface area contributed by atoms with Gasteiger partial charge in [0.2, 0.25) is 0 Å². The molecule has 0 unspecified atom stereocenters. The molecule has 34 heavy (non-hydrogen) atoms. The van der Waals surface area contributed by atoms with Gasteiger partial charge in [0.05, 0.1) is 0 Å². The van der Waals surface area contributed by atoms with E-state index in [1.54, 1.807) is 0 Å². The molecule has 1 fully saturated rings. The van der Waals surface area contributed by atoms with Crippen molar-refractivity contribution in [2.45, 2.75) is 84.6 Å². The van der Waals surface area contributed by atoms with Crippen molar-refractivity contribution in [1.29, 1.82) is 0 Å². The first-order valence-electron chi connectivity index (χ1n) is 12.4. The molecule has 1 aromatic carbocycles. The first-order chi connectivity index (χ1) is 16.4. The summed E-state index contributed by atoms with van der Waals surface area (Å²) in [6, 6.07) is 8.46. The lowest BCUT2D eigenvalue weighted by atomic mass is 9.93. The highest BCUT2D eigenvalue weighted by Crippen LogP contribution is 2.41. The van der Waals surface area contributed by atoms with Crippen LogP contribution in [0, 0.1) is 19.8 Å². The van der Waals surface area contributed by atoms with E-state index in [9.17, 15) is 9.90 Å². The van der Waals surface area contributed by atoms with Crippen molar-refractivity contribution in [1.82, 2.24) is 19.9 Å². The number of aliphatic hydroxyl groups is 1. The smallest absolute Gasteiger partial charge is 0.186 e. The summed E-state index contributed by atoms with van der Waals surface area (Å²) in [6.07, 6.45) is 5.18. The van der Waals surface area contributed by atoms with E-state index in [0.29, 0.717) is 42.7 Å². The zero-order valence-corrected chi connectivity index (χ0v) is 20.8. The van der Waals surface area contributed by atoms with Gasteiger partial charge in [-0.1, -0.05) is 42.8 Å². The highest BCUT2D eigenvalue weighted by Gasteiger charge is 2.34. The second kappa shape index (κ2) is 10.6. The molecule has 0 amide bonds. The number of Topliss-reactive ketones (excluding diaryl/α,β-unsaturated/α-hetero) is 1. The Morgan fingerprint density at radius 2 is 1.97 bits per heavy atom. The molecule has 1 aliphatic rings. The average molecular weight is 465 g/mol. The molecule has 0 bridgehead atoms. The lowest BCUT2D eigenvalue weighted by Crippen LogP contribution is -2.16. The molecular formula is C27H36N4O3. The summed E-state index contributed by atoms with van der Waals surface area (Å²) >= 11 is 0. The standard InChI is InChI=1S/C27H36N4O3/c1-17(2)5-10-24-16-25(30-34-24)27-29-28-26(31(27)22-8-9-22)21(11-12-32)15-23(33)14-20-7-6-18(3)13-19(20)4/h6-7,13,16-17,21-22,32H,5,8-12,14-15H2,1-4H3/t21-/m0/s1. The fourth-order valence-electron chi connectivity index (χ4n) is 4.50. The fourth-order valence-corrected chi connectivity index (χ4v) is 4.50. The molecule has 3 aromatic rings. The first kappa shape index (κ1) is 24.3. The van der Waals surface area contributed by atoms with Crippen molar-refractivity contribution in [3.8, 4) is 11.5 Å². The molecule has 1 aliphatic carbocycles. The van der Waals surface area contributed by atoms with Crippen LogP contribution in [0.3, 0.4) is 0 Å². The SMILES string of the molecule is Cc1ccc(CC(=O)C[C@H](CCO)c2nnc(-c3cc(CCC(C)C)on3)n2C2CC2)c(C)c1. The zero-order valence-electron chi connectivity index (χ0n) is 20.8. The van der Waals surface area contributed by atoms with Crippen molar-refractivity contribution >= 4 is 5.78 Å². The summed E-state index contributed by atoms with van der Waals surface area (Å²) in [7, 11) is 0. The van der Waals surface area contributed by atoms with Gasteiger partial charge in [0.15, 0.2) is 11.5 Å². The van der Waals surface area contributed by atoms with E-state index >= 15 is 0 Å². The van der Waals surface area contributed by atoms with Crippen LogP contribution in [0.15, 0.2) is 28.8 Å². The third kappa shape index (κ3) is 5.81. The normalized spacial score (nSPS) is 14.6. The Labute approximate surface area is 201 Å². The van der Waals surface area contributed by atoms with Crippen molar-refractivity contribution < 1.29 is 14.4 Å². The van der Waals surface area contributed by atoms with E-state index in [4.69, 9.17) is 4.52 Å². The molecule has 7 heteroatoms. The summed E-state index contributed by atoms with van der Waals surface area (Å²) in [4.78, 5) is 13.0. The number of rotatable bonds is 12. The van der Waals surface area contributed by atoms with Crippen LogP contribution in [0.1, 0.15) is 86.2 Å². The van der Waals surface area contributed by atoms with E-state index < -0.39 is 0 Å². The molecule has 0 radical (unpaired) electrons. The largest absolute Gasteiger partial charge is 0.396 e. The number of nitrogens with zero attached hydrogens (tertiary/aromatic N) is 4. The zero-order chi connectivity index (χ0) is 24.2. The number of aryl methyl sites for hydroxylation is 3. The maximum absolute atomic E-state index is 13.0. The van der Waals surface area contributed by atoms with Gasteiger partial charge in [0.1, 0.15) is 17.4 Å². The number of ketones is 1. The van der Waals surface area contributed by atoms with Gasteiger partial charge < -0.3 is 14.2 Å². The second-order valence-electron chi connectivity index (χ2n) is 10.2. The van der Waals surface area contributed by atoms with Crippen LogP contribution in [-0.4, -0.2) is 37.4 Å². The monoisotopic (exact) mass is 464 g/mol. The number of hydrogen-bond donors (Lipinski definition) is 1. The summed E-state index contributed by atoms with van der Waals surface area (Å²) in [5, 5.41) is 23.0. The summed E-state index contributed by atoms with van der Waals surface area (Å²) in [6.45, 7) is 8.48. The first-order valence-corrected chi connectivity index (χ1v) is 12.4. The van der Waals surface area contributed by atoms with Crippen LogP contribution < -0.4 is 0 Å². The molecule has 0 aliphatic heterocycles. The van der Waals surface area contributed by atoms with Crippen molar-refractivity contribution in [3.05, 3.63) is 52.5 Å². The Balaban J connectivity index is 1.55. The van der Waals surface area contributed by atoms with E-state index in [-0.39, 0.29) is 18.3 Å². The Morgan fingerprint density at radius 1 is 1.18 bits per heavy atom. The summed E-state index contributed by atoms with van der Waals surface area (Å²) in [5.74, 6) is 2.88. The minimum Gasteiger partial charge on any atom is -0.396 e. The van der Waals surface area contributed by atoms with E-state index in [1.807, 2.05) is 25.1 Å². The lowest BCUT2D eigenvalue weighted by Gasteiger charge is -2.17. The maximum atomic E-state index is 13.0. The Hall–Kier alpha value is -2.80. The Kier molecular flexibility index (Phi) is 7.61. The Bertz CT molecular complexity index is 1130. The van der Waals surface area contributed by atoms with Crippen LogP contribution in [0.25, 0.3) is 11.5 Å². The number of aliphatic hydroxyl groups excluding tert-OH is 1. The minimum atomic E-state index is -0.183. The maximum Gasteiger partial charge on any atom is 0.186 e. The summed E-state index contributed by atoms with van der Waals surface area (Å²) in [5.41, 5.74) is 4.07. The number of aromatic nitrogens is 4. The molecule has 1 atom stereocenters. The third-order valence-electron chi connectivity index (χ3n) is 6.59.